The first-order valence-electron chi connectivity index (χ1n) is 9.24. The molecule has 1 fully saturated rings. The van der Waals surface area contributed by atoms with E-state index < -0.39 is 5.82 Å². The number of aryl methyl sites for hydroxylation is 1. The monoisotopic (exact) mass is 388 g/mol. The van der Waals surface area contributed by atoms with Gasteiger partial charge in [-0.05, 0) is 25.1 Å². The van der Waals surface area contributed by atoms with Crippen molar-refractivity contribution < 1.29 is 13.9 Å². The van der Waals surface area contributed by atoms with Gasteiger partial charge in [0, 0.05) is 37.6 Å². The Balaban J connectivity index is 1.63. The molecule has 0 radical (unpaired) electrons. The maximum Gasteiger partial charge on any atom is 0.246 e. The fourth-order valence-electron chi connectivity index (χ4n) is 2.99. The first-order chi connectivity index (χ1) is 13.5. The van der Waals surface area contributed by atoms with Crippen LogP contribution in [0.4, 0.5) is 10.1 Å². The lowest BCUT2D eigenvalue weighted by Crippen LogP contribution is -2.48. The smallest absolute Gasteiger partial charge is 0.246 e. The van der Waals surface area contributed by atoms with Crippen LogP contribution in [0.1, 0.15) is 18.6 Å². The van der Waals surface area contributed by atoms with Gasteiger partial charge in [0.05, 0.1) is 19.3 Å². The lowest BCUT2D eigenvalue weighted by atomic mass is 10.1. The van der Waals surface area contributed by atoms with Gasteiger partial charge in [-0.1, -0.05) is 6.07 Å². The molecule has 1 aromatic carbocycles. The van der Waals surface area contributed by atoms with E-state index in [1.807, 2.05) is 20.2 Å². The Morgan fingerprint density at radius 1 is 1.46 bits per heavy atom. The quantitative estimate of drug-likeness (QED) is 0.600. The van der Waals surface area contributed by atoms with E-state index in [9.17, 15) is 9.18 Å². The number of anilines is 1. The van der Waals surface area contributed by atoms with Crippen molar-refractivity contribution in [3.8, 4) is 0 Å². The van der Waals surface area contributed by atoms with Crippen molar-refractivity contribution in [3.63, 3.8) is 0 Å². The molecule has 1 atom stereocenters. The normalized spacial score (nSPS) is 17.5. The molecular formula is C19H25FN6O2. The molecule has 1 unspecified atom stereocenters. The number of aliphatic imine (C=N–C) groups is 1. The minimum atomic E-state index is -0.399. The Bertz CT molecular complexity index is 837. The Morgan fingerprint density at radius 2 is 2.32 bits per heavy atom. The van der Waals surface area contributed by atoms with E-state index in [-0.39, 0.29) is 18.6 Å². The summed E-state index contributed by atoms with van der Waals surface area (Å²) < 4.78 is 20.8. The third-order valence-electron chi connectivity index (χ3n) is 4.28. The highest BCUT2D eigenvalue weighted by Crippen LogP contribution is 2.21. The minimum Gasteiger partial charge on any atom is -0.370 e. The number of morpholine rings is 1. The van der Waals surface area contributed by atoms with E-state index in [1.54, 1.807) is 23.0 Å². The molecule has 1 aromatic heterocycles. The number of ether oxygens (including phenoxy) is 1. The molecule has 2 N–H and O–H groups in total. The number of nitrogens with one attached hydrogen (secondary N) is 2. The van der Waals surface area contributed by atoms with Crippen LogP contribution in [0.5, 0.6) is 0 Å². The molecule has 3 rings (SSSR count). The van der Waals surface area contributed by atoms with Gasteiger partial charge in [0.2, 0.25) is 5.91 Å². The summed E-state index contributed by atoms with van der Waals surface area (Å²) in [4.78, 5) is 18.7. The molecule has 0 bridgehead atoms. The van der Waals surface area contributed by atoms with Crippen molar-refractivity contribution in [2.45, 2.75) is 13.0 Å². The SMILES string of the molecule is CCNC(=NCC(=O)Nc1cccc(F)c1)N1CCOC(c2cnn(C)c2)C1. The fourth-order valence-corrected chi connectivity index (χ4v) is 2.99. The van der Waals surface area contributed by atoms with Crippen LogP contribution in [0.2, 0.25) is 0 Å². The van der Waals surface area contributed by atoms with Gasteiger partial charge < -0.3 is 20.3 Å². The maximum absolute atomic E-state index is 13.2. The molecule has 1 aliphatic heterocycles. The zero-order chi connectivity index (χ0) is 19.9. The molecule has 0 spiro atoms. The van der Waals surface area contributed by atoms with Crippen LogP contribution >= 0.6 is 0 Å². The number of benzene rings is 1. The summed E-state index contributed by atoms with van der Waals surface area (Å²) in [6.45, 7) is 4.44. The van der Waals surface area contributed by atoms with Gasteiger partial charge in [0.1, 0.15) is 18.5 Å². The molecule has 150 valence electrons. The summed E-state index contributed by atoms with van der Waals surface area (Å²) in [5.41, 5.74) is 1.42. The van der Waals surface area contributed by atoms with Crippen LogP contribution in [-0.4, -0.2) is 59.3 Å². The second-order valence-electron chi connectivity index (χ2n) is 6.48. The van der Waals surface area contributed by atoms with E-state index in [1.165, 1.54) is 12.1 Å². The molecule has 0 saturated carbocycles. The molecular weight excluding hydrogens is 363 g/mol. The van der Waals surface area contributed by atoms with Crippen LogP contribution in [-0.2, 0) is 16.6 Å². The van der Waals surface area contributed by atoms with Crippen LogP contribution in [0, 0.1) is 5.82 Å². The van der Waals surface area contributed by atoms with Crippen LogP contribution in [0.25, 0.3) is 0 Å². The highest BCUT2D eigenvalue weighted by Gasteiger charge is 2.25. The Labute approximate surface area is 163 Å². The van der Waals surface area contributed by atoms with Crippen molar-refractivity contribution in [2.75, 3.05) is 38.1 Å². The minimum absolute atomic E-state index is 0.0617. The zero-order valence-electron chi connectivity index (χ0n) is 16.1. The summed E-state index contributed by atoms with van der Waals surface area (Å²) in [5.74, 6) is -0.0587. The van der Waals surface area contributed by atoms with Crippen molar-refractivity contribution >= 4 is 17.6 Å². The molecule has 2 aromatic rings. The lowest BCUT2D eigenvalue weighted by molar-refractivity contribution is -0.114. The van der Waals surface area contributed by atoms with Gasteiger partial charge in [-0.3, -0.25) is 9.48 Å². The van der Waals surface area contributed by atoms with Crippen LogP contribution < -0.4 is 10.6 Å². The van der Waals surface area contributed by atoms with Gasteiger partial charge in [-0.15, -0.1) is 0 Å². The number of carbonyl (C=O) groups is 1. The number of carbonyl (C=O) groups excluding carboxylic acids is 1. The number of amides is 1. The van der Waals surface area contributed by atoms with E-state index in [0.29, 0.717) is 37.9 Å². The molecule has 9 heteroatoms. The number of hydrogen-bond donors (Lipinski definition) is 2. The predicted molar refractivity (Wildman–Crippen MR) is 104 cm³/mol. The van der Waals surface area contributed by atoms with E-state index >= 15 is 0 Å². The summed E-state index contributed by atoms with van der Waals surface area (Å²) in [6.07, 6.45) is 3.63. The third kappa shape index (κ3) is 5.29. The van der Waals surface area contributed by atoms with E-state index in [0.717, 1.165) is 5.56 Å². The van der Waals surface area contributed by atoms with Crippen LogP contribution in [0.3, 0.4) is 0 Å². The number of rotatable bonds is 5. The largest absolute Gasteiger partial charge is 0.370 e. The molecule has 1 amide bonds. The first kappa shape index (κ1) is 19.8. The summed E-state index contributed by atoms with van der Waals surface area (Å²) in [7, 11) is 1.87. The second kappa shape index (κ2) is 9.32. The molecule has 1 saturated heterocycles. The Kier molecular flexibility index (Phi) is 6.59. The topological polar surface area (TPSA) is 83.8 Å². The maximum atomic E-state index is 13.2. The van der Waals surface area contributed by atoms with Crippen molar-refractivity contribution in [1.29, 1.82) is 0 Å². The Hall–Kier alpha value is -2.94. The average Bonchev–Trinajstić information content (AvgIpc) is 3.12. The van der Waals surface area contributed by atoms with Crippen molar-refractivity contribution in [2.24, 2.45) is 12.0 Å². The fraction of sp³-hybridized carbons (Fsp3) is 0.421. The molecule has 28 heavy (non-hydrogen) atoms. The average molecular weight is 388 g/mol. The van der Waals surface area contributed by atoms with Gasteiger partial charge in [-0.25, -0.2) is 9.38 Å². The number of guanidine groups is 1. The van der Waals surface area contributed by atoms with Crippen molar-refractivity contribution in [1.82, 2.24) is 20.0 Å². The van der Waals surface area contributed by atoms with Gasteiger partial charge >= 0.3 is 0 Å². The zero-order valence-corrected chi connectivity index (χ0v) is 16.1. The third-order valence-corrected chi connectivity index (χ3v) is 4.28. The lowest BCUT2D eigenvalue weighted by Gasteiger charge is -2.34. The number of aromatic nitrogens is 2. The molecule has 8 nitrogen and oxygen atoms in total. The first-order valence-corrected chi connectivity index (χ1v) is 9.24. The summed E-state index contributed by atoms with van der Waals surface area (Å²) >= 11 is 0. The van der Waals surface area contributed by atoms with E-state index in [4.69, 9.17) is 4.74 Å². The molecule has 2 heterocycles. The van der Waals surface area contributed by atoms with Gasteiger partial charge in [0.25, 0.3) is 0 Å². The van der Waals surface area contributed by atoms with Gasteiger partial charge in [0.15, 0.2) is 5.96 Å². The predicted octanol–water partition coefficient (Wildman–Crippen LogP) is 1.54. The second-order valence-corrected chi connectivity index (χ2v) is 6.48. The van der Waals surface area contributed by atoms with Gasteiger partial charge in [-0.2, -0.15) is 5.10 Å². The number of hydrogen-bond acceptors (Lipinski definition) is 4. The number of nitrogens with zero attached hydrogens (tertiary/aromatic N) is 4. The highest BCUT2D eigenvalue weighted by molar-refractivity contribution is 5.94. The Morgan fingerprint density at radius 3 is 3.04 bits per heavy atom. The highest BCUT2D eigenvalue weighted by atomic mass is 19.1. The van der Waals surface area contributed by atoms with Crippen LogP contribution in [0.15, 0.2) is 41.7 Å². The summed E-state index contributed by atoms with van der Waals surface area (Å²) in [5, 5.41) is 10.1. The van der Waals surface area contributed by atoms with Crippen molar-refractivity contribution in [3.05, 3.63) is 48.0 Å². The standard InChI is InChI=1S/C19H25FN6O2/c1-3-21-19(22-11-18(27)24-16-6-4-5-15(20)9-16)26-7-8-28-17(13-26)14-10-23-25(2)12-14/h4-6,9-10,12,17H,3,7-8,11,13H2,1-2H3,(H,21,22)(H,24,27). The van der Waals surface area contributed by atoms with E-state index in [2.05, 4.69) is 25.6 Å². The molecule has 0 aliphatic carbocycles. The number of halogens is 1. The molecule has 1 aliphatic rings. The summed E-state index contributed by atoms with van der Waals surface area (Å²) in [6, 6.07) is 5.78.